The summed E-state index contributed by atoms with van der Waals surface area (Å²) < 4.78 is 16.1. The van der Waals surface area contributed by atoms with Crippen LogP contribution in [0.25, 0.3) is 22.0 Å². The van der Waals surface area contributed by atoms with E-state index in [4.69, 9.17) is 7.85 Å². The Morgan fingerprint density at radius 2 is 2.06 bits per heavy atom. The van der Waals surface area contributed by atoms with Gasteiger partial charge in [-0.1, -0.05) is 23.7 Å². The monoisotopic (exact) mass is 431 g/mol. The molecule has 3 radical (unpaired) electrons. The van der Waals surface area contributed by atoms with Gasteiger partial charge in [-0.25, -0.2) is 4.39 Å². The Bertz CT molecular complexity index is 1510. The van der Waals surface area contributed by atoms with E-state index in [0.717, 1.165) is 40.4 Å². The van der Waals surface area contributed by atoms with Gasteiger partial charge in [-0.2, -0.15) is 5.10 Å². The van der Waals surface area contributed by atoms with Gasteiger partial charge < -0.3 is 4.90 Å². The lowest BCUT2D eigenvalue weighted by molar-refractivity contribution is 0.0725. The van der Waals surface area contributed by atoms with Crippen molar-refractivity contribution in [2.45, 2.75) is 30.6 Å². The number of hydrogen-bond acceptors (Lipinski definition) is 3. The maximum Gasteiger partial charge on any atom is 0.255 e. The molecule has 3 aliphatic rings. The molecule has 4 heterocycles. The van der Waals surface area contributed by atoms with Crippen molar-refractivity contribution in [2.75, 3.05) is 0 Å². The molecule has 1 unspecified atom stereocenters. The Kier molecular flexibility index (Phi) is 3.67. The van der Waals surface area contributed by atoms with Crippen LogP contribution in [0.5, 0.6) is 0 Å². The summed E-state index contributed by atoms with van der Waals surface area (Å²) in [6, 6.07) is 11.2. The Hall–Kier alpha value is -3.41. The molecule has 7 rings (SSSR count). The lowest BCUT2D eigenvalue weighted by Gasteiger charge is -2.41. The molecule has 0 spiro atoms. The fourth-order valence-electron chi connectivity index (χ4n) is 5.46. The Morgan fingerprint density at radius 3 is 2.88 bits per heavy atom. The van der Waals surface area contributed by atoms with Gasteiger partial charge in [-0.15, -0.1) is 0 Å². The molecule has 33 heavy (non-hydrogen) atoms. The minimum absolute atomic E-state index is 0.0797. The van der Waals surface area contributed by atoms with E-state index in [2.05, 4.69) is 22.2 Å². The van der Waals surface area contributed by atoms with Gasteiger partial charge in [0.15, 0.2) is 13.1 Å². The number of fused-ring (bicyclic) bond motifs is 5. The third kappa shape index (κ3) is 2.58. The number of nitrogens with zero attached hydrogens (tertiary/aromatic N) is 4. The number of rotatable bonds is 2. The zero-order chi connectivity index (χ0) is 22.5. The van der Waals surface area contributed by atoms with E-state index < -0.39 is 5.34 Å². The van der Waals surface area contributed by atoms with E-state index in [0.29, 0.717) is 29.2 Å². The Balaban J connectivity index is 1.44. The highest BCUT2D eigenvalue weighted by molar-refractivity contribution is 6.67. The molecule has 2 aromatic carbocycles. The second kappa shape index (κ2) is 6.34. The normalized spacial score (nSPS) is 21.0. The van der Waals surface area contributed by atoms with Gasteiger partial charge in [0.2, 0.25) is 0 Å². The minimum Gasteiger partial charge on any atom is -0.339 e. The van der Waals surface area contributed by atoms with Gasteiger partial charge in [0.05, 0.1) is 11.3 Å². The summed E-state index contributed by atoms with van der Waals surface area (Å²) in [5, 5.41) is 4.01. The summed E-state index contributed by atoms with van der Waals surface area (Å²) in [5.41, 5.74) is 6.88. The quantitative estimate of drug-likeness (QED) is 0.459. The summed E-state index contributed by atoms with van der Waals surface area (Å²) in [5.74, 6) is 0.0642. The minimum atomic E-state index is -1.08. The van der Waals surface area contributed by atoms with Crippen molar-refractivity contribution in [2.24, 2.45) is 7.05 Å². The molecule has 4 aromatic rings. The molecule has 2 aliphatic heterocycles. The molecule has 2 aromatic heterocycles. The van der Waals surface area contributed by atoms with Crippen molar-refractivity contribution in [3.05, 3.63) is 77.0 Å². The maximum atomic E-state index is 14.4. The molecule has 1 atom stereocenters. The zero-order valence-electron chi connectivity index (χ0n) is 18.0. The number of amides is 1. The van der Waals surface area contributed by atoms with Crippen LogP contribution in [-0.2, 0) is 18.9 Å². The van der Waals surface area contributed by atoms with Crippen molar-refractivity contribution in [3.63, 3.8) is 0 Å². The van der Waals surface area contributed by atoms with Crippen molar-refractivity contribution < 1.29 is 9.18 Å². The number of halogens is 1. The molecule has 0 bridgehead atoms. The van der Waals surface area contributed by atoms with E-state index in [1.54, 1.807) is 35.0 Å². The molecule has 5 nitrogen and oxygen atoms in total. The number of aryl methyl sites for hydroxylation is 1. The van der Waals surface area contributed by atoms with E-state index in [9.17, 15) is 9.18 Å². The van der Waals surface area contributed by atoms with Crippen LogP contribution in [0, 0.1) is 5.82 Å². The molecule has 0 saturated heterocycles. The molecule has 1 saturated carbocycles. The fraction of sp³-hybridized carbons (Fsp3) is 0.240. The zero-order valence-corrected chi connectivity index (χ0v) is 18.0. The number of benzene rings is 2. The first-order valence-electron chi connectivity index (χ1n) is 11.2. The van der Waals surface area contributed by atoms with Crippen molar-refractivity contribution in [1.82, 2.24) is 19.7 Å². The Morgan fingerprint density at radius 1 is 1.21 bits per heavy atom. The highest BCUT2D eigenvalue weighted by Gasteiger charge is 2.50. The average Bonchev–Trinajstić information content (AvgIpc) is 3.54. The van der Waals surface area contributed by atoms with Crippen molar-refractivity contribution >= 4 is 37.4 Å². The third-order valence-corrected chi connectivity index (χ3v) is 7.19. The van der Waals surface area contributed by atoms with Gasteiger partial charge in [0.1, 0.15) is 13.4 Å². The molecular weight excluding hydrogens is 413 g/mol. The summed E-state index contributed by atoms with van der Waals surface area (Å²) in [6.45, 7) is 0.454. The summed E-state index contributed by atoms with van der Waals surface area (Å²) in [7, 11) is 10.6. The standard InChI is InChI=1S/C25H18B2FN4O/c1-31-11-19-15(6-7-21(28)22(19)30-31)14-9-17(13-4-5-13)18-12-32-24(33)16-3-2-8-29-23(16)25(32,26)27-20(18)10-14/h2-3,6-11,13H,4-5,12H2,1H3. The summed E-state index contributed by atoms with van der Waals surface area (Å²) in [4.78, 5) is 19.4. The van der Waals surface area contributed by atoms with E-state index >= 15 is 0 Å². The van der Waals surface area contributed by atoms with E-state index in [1.807, 2.05) is 19.5 Å². The highest BCUT2D eigenvalue weighted by Crippen LogP contribution is 2.46. The van der Waals surface area contributed by atoms with Gasteiger partial charge in [0, 0.05) is 36.7 Å². The first-order valence-corrected chi connectivity index (χ1v) is 11.2. The first-order chi connectivity index (χ1) is 15.9. The number of pyridine rings is 1. The molecule has 1 aliphatic carbocycles. The largest absolute Gasteiger partial charge is 0.339 e. The average molecular weight is 431 g/mol. The summed E-state index contributed by atoms with van der Waals surface area (Å²) >= 11 is 0. The van der Waals surface area contributed by atoms with Crippen molar-refractivity contribution in [3.8, 4) is 11.1 Å². The van der Waals surface area contributed by atoms with E-state index in [-0.39, 0.29) is 11.7 Å². The predicted octanol–water partition coefficient (Wildman–Crippen LogP) is 2.93. The van der Waals surface area contributed by atoms with Gasteiger partial charge >= 0.3 is 0 Å². The highest BCUT2D eigenvalue weighted by atomic mass is 19.1. The first kappa shape index (κ1) is 19.1. The lowest BCUT2D eigenvalue weighted by atomic mass is 9.41. The van der Waals surface area contributed by atoms with Crippen LogP contribution in [0.4, 0.5) is 4.39 Å². The maximum absolute atomic E-state index is 14.4. The third-order valence-electron chi connectivity index (χ3n) is 7.19. The number of aromatic nitrogens is 3. The van der Waals surface area contributed by atoms with Gasteiger partial charge in [0.25, 0.3) is 5.91 Å². The van der Waals surface area contributed by atoms with Crippen LogP contribution in [0.15, 0.2) is 48.8 Å². The lowest BCUT2D eigenvalue weighted by Crippen LogP contribution is -2.57. The van der Waals surface area contributed by atoms with Gasteiger partial charge in [-0.05, 0) is 59.2 Å². The van der Waals surface area contributed by atoms with Crippen molar-refractivity contribution in [1.29, 1.82) is 0 Å². The number of carbonyl (C=O) groups is 1. The second-order valence-corrected chi connectivity index (χ2v) is 9.33. The molecule has 8 heteroatoms. The van der Waals surface area contributed by atoms with Crippen LogP contribution >= 0.6 is 0 Å². The van der Waals surface area contributed by atoms with Crippen LogP contribution in [0.1, 0.15) is 45.9 Å². The van der Waals surface area contributed by atoms with E-state index in [1.165, 1.54) is 11.6 Å². The smallest absolute Gasteiger partial charge is 0.255 e. The molecule has 1 fully saturated rings. The Labute approximate surface area is 192 Å². The van der Waals surface area contributed by atoms with Crippen LogP contribution in [0.3, 0.4) is 0 Å². The summed E-state index contributed by atoms with van der Waals surface area (Å²) in [6.07, 6.45) is 5.79. The molecule has 157 valence electrons. The van der Waals surface area contributed by atoms with Crippen LogP contribution in [0.2, 0.25) is 0 Å². The molecular formula is C25H18B2FN4O. The number of hydrogen-bond donors (Lipinski definition) is 0. The van der Waals surface area contributed by atoms with Crippen LogP contribution < -0.4 is 5.46 Å². The molecule has 1 amide bonds. The SMILES string of the molecule is [B]C12[B]c3cc(-c4ccc(F)c5nn(C)cc45)cc(C4CC4)c3CN1C(=O)c1cccnc12. The second-order valence-electron chi connectivity index (χ2n) is 9.33. The fourth-order valence-corrected chi connectivity index (χ4v) is 5.46. The van der Waals surface area contributed by atoms with Gasteiger partial charge in [-0.3, -0.25) is 14.5 Å². The molecule has 0 N–H and O–H groups in total. The number of carbonyl (C=O) groups excluding carboxylic acids is 1. The predicted molar refractivity (Wildman–Crippen MR) is 125 cm³/mol. The topological polar surface area (TPSA) is 51.0 Å². The van der Waals surface area contributed by atoms with Crippen LogP contribution in [-0.4, -0.2) is 40.7 Å².